The number of ether oxygens (including phenoxy) is 1. The molecule has 0 bridgehead atoms. The fourth-order valence-electron chi connectivity index (χ4n) is 1.67. The summed E-state index contributed by atoms with van der Waals surface area (Å²) in [5, 5.41) is 8.76. The molecule has 0 aliphatic heterocycles. The summed E-state index contributed by atoms with van der Waals surface area (Å²) >= 11 is 1.45. The van der Waals surface area contributed by atoms with Crippen LogP contribution in [-0.2, 0) is 5.75 Å². The maximum absolute atomic E-state index is 5.64. The number of hydrogen-bond acceptors (Lipinski definition) is 7. The van der Waals surface area contributed by atoms with Crippen LogP contribution in [0.2, 0.25) is 0 Å². The van der Waals surface area contributed by atoms with Gasteiger partial charge >= 0.3 is 0 Å². The van der Waals surface area contributed by atoms with Crippen molar-refractivity contribution in [3.63, 3.8) is 0 Å². The van der Waals surface area contributed by atoms with Crippen LogP contribution < -0.4 is 4.74 Å². The highest BCUT2D eigenvalue weighted by Gasteiger charge is 2.10. The van der Waals surface area contributed by atoms with E-state index in [9.17, 15) is 0 Å². The van der Waals surface area contributed by atoms with Crippen LogP contribution in [0.3, 0.4) is 0 Å². The minimum atomic E-state index is 0.471. The molecule has 0 radical (unpaired) electrons. The van der Waals surface area contributed by atoms with Crippen molar-refractivity contribution in [3.8, 4) is 17.2 Å². The summed E-state index contributed by atoms with van der Waals surface area (Å²) in [6, 6.07) is 9.27. The van der Waals surface area contributed by atoms with Crippen molar-refractivity contribution < 1.29 is 9.15 Å². The Labute approximate surface area is 125 Å². The molecule has 0 unspecified atom stereocenters. The summed E-state index contributed by atoms with van der Waals surface area (Å²) in [5.41, 5.74) is 0.828. The molecular weight excluding hydrogens is 288 g/mol. The molecule has 3 rings (SSSR count). The van der Waals surface area contributed by atoms with E-state index >= 15 is 0 Å². The highest BCUT2D eigenvalue weighted by atomic mass is 32.2. The van der Waals surface area contributed by atoms with E-state index in [1.807, 2.05) is 24.3 Å². The van der Waals surface area contributed by atoms with Crippen LogP contribution in [0.15, 0.2) is 52.3 Å². The molecular formula is C14H12N4O2S. The molecule has 0 amide bonds. The molecule has 0 aliphatic carbocycles. The molecule has 0 saturated heterocycles. The van der Waals surface area contributed by atoms with Crippen molar-refractivity contribution in [2.24, 2.45) is 0 Å². The van der Waals surface area contributed by atoms with E-state index < -0.39 is 0 Å². The minimum absolute atomic E-state index is 0.471. The number of thioether (sulfide) groups is 1. The zero-order chi connectivity index (χ0) is 14.5. The smallest absolute Gasteiger partial charge is 0.247 e. The summed E-state index contributed by atoms with van der Waals surface area (Å²) in [4.78, 5) is 8.25. The van der Waals surface area contributed by atoms with Crippen molar-refractivity contribution >= 4 is 11.8 Å². The van der Waals surface area contributed by atoms with Crippen LogP contribution in [0, 0.1) is 0 Å². The number of methoxy groups -OCH3 is 1. The average molecular weight is 300 g/mol. The van der Waals surface area contributed by atoms with Gasteiger partial charge in [0.1, 0.15) is 5.75 Å². The Morgan fingerprint density at radius 1 is 1.14 bits per heavy atom. The molecule has 0 spiro atoms. The third-order valence-electron chi connectivity index (χ3n) is 2.65. The van der Waals surface area contributed by atoms with Crippen LogP contribution >= 0.6 is 11.8 Å². The summed E-state index contributed by atoms with van der Waals surface area (Å²) in [6.07, 6.45) is 3.40. The first-order valence-electron chi connectivity index (χ1n) is 6.22. The monoisotopic (exact) mass is 300 g/mol. The van der Waals surface area contributed by atoms with Crippen LogP contribution in [0.25, 0.3) is 11.5 Å². The molecule has 21 heavy (non-hydrogen) atoms. The van der Waals surface area contributed by atoms with Gasteiger partial charge in [0.2, 0.25) is 11.8 Å². The summed E-state index contributed by atoms with van der Waals surface area (Å²) in [6.45, 7) is 0. The second kappa shape index (κ2) is 6.36. The topological polar surface area (TPSA) is 73.9 Å². The second-order valence-electron chi connectivity index (χ2n) is 4.05. The van der Waals surface area contributed by atoms with E-state index in [2.05, 4.69) is 20.2 Å². The van der Waals surface area contributed by atoms with Gasteiger partial charge in [-0.3, -0.25) is 0 Å². The highest BCUT2D eigenvalue weighted by Crippen LogP contribution is 2.24. The summed E-state index contributed by atoms with van der Waals surface area (Å²) in [7, 11) is 1.62. The Hall–Kier alpha value is -2.41. The van der Waals surface area contributed by atoms with Gasteiger partial charge in [-0.25, -0.2) is 9.97 Å². The lowest BCUT2D eigenvalue weighted by atomic mass is 10.2. The number of hydrogen-bond donors (Lipinski definition) is 0. The SMILES string of the molecule is COc1cccc(-c2nnc(CSc3ncccn3)o2)c1. The van der Waals surface area contributed by atoms with Crippen LogP contribution in [-0.4, -0.2) is 27.3 Å². The fraction of sp³-hybridized carbons (Fsp3) is 0.143. The van der Waals surface area contributed by atoms with Gasteiger partial charge in [-0.2, -0.15) is 0 Å². The van der Waals surface area contributed by atoms with Gasteiger partial charge in [0.15, 0.2) is 5.16 Å². The van der Waals surface area contributed by atoms with E-state index in [1.54, 1.807) is 25.6 Å². The van der Waals surface area contributed by atoms with Crippen molar-refractivity contribution in [1.29, 1.82) is 0 Å². The first-order chi connectivity index (χ1) is 10.3. The first kappa shape index (κ1) is 13.6. The van der Waals surface area contributed by atoms with Gasteiger partial charge in [0.25, 0.3) is 0 Å². The van der Waals surface area contributed by atoms with E-state index in [1.165, 1.54) is 11.8 Å². The first-order valence-corrected chi connectivity index (χ1v) is 7.20. The third kappa shape index (κ3) is 3.38. The molecule has 0 saturated carbocycles. The van der Waals surface area contributed by atoms with Gasteiger partial charge < -0.3 is 9.15 Å². The van der Waals surface area contributed by atoms with E-state index in [0.717, 1.165) is 11.3 Å². The van der Waals surface area contributed by atoms with Crippen LogP contribution in [0.1, 0.15) is 5.89 Å². The quantitative estimate of drug-likeness (QED) is 0.530. The molecule has 106 valence electrons. The maximum Gasteiger partial charge on any atom is 0.247 e. The zero-order valence-corrected chi connectivity index (χ0v) is 12.1. The van der Waals surface area contributed by atoms with Gasteiger partial charge in [-0.1, -0.05) is 17.8 Å². The summed E-state index contributed by atoms with van der Waals surface area (Å²) in [5.74, 6) is 2.28. The number of nitrogens with zero attached hydrogens (tertiary/aromatic N) is 4. The molecule has 6 nitrogen and oxygen atoms in total. The van der Waals surface area contributed by atoms with Gasteiger partial charge in [0.05, 0.1) is 12.9 Å². The maximum atomic E-state index is 5.64. The summed E-state index contributed by atoms with van der Waals surface area (Å²) < 4.78 is 10.8. The Kier molecular flexibility index (Phi) is 4.11. The second-order valence-corrected chi connectivity index (χ2v) is 5.00. The van der Waals surface area contributed by atoms with E-state index in [0.29, 0.717) is 22.7 Å². The minimum Gasteiger partial charge on any atom is -0.497 e. The predicted molar refractivity (Wildman–Crippen MR) is 77.9 cm³/mol. The van der Waals surface area contributed by atoms with E-state index in [-0.39, 0.29) is 0 Å². The molecule has 0 aliphatic rings. The molecule has 0 fully saturated rings. The largest absolute Gasteiger partial charge is 0.497 e. The number of benzene rings is 1. The molecule has 1 aromatic carbocycles. The van der Waals surface area contributed by atoms with Crippen molar-refractivity contribution in [2.45, 2.75) is 10.9 Å². The lowest BCUT2D eigenvalue weighted by molar-refractivity contribution is 0.414. The van der Waals surface area contributed by atoms with Gasteiger partial charge in [0, 0.05) is 18.0 Å². The molecule has 3 aromatic rings. The lowest BCUT2D eigenvalue weighted by Crippen LogP contribution is -1.85. The van der Waals surface area contributed by atoms with Crippen molar-refractivity contribution in [1.82, 2.24) is 20.2 Å². The average Bonchev–Trinajstić information content (AvgIpc) is 3.03. The van der Waals surface area contributed by atoms with Crippen LogP contribution in [0.5, 0.6) is 5.75 Å². The highest BCUT2D eigenvalue weighted by molar-refractivity contribution is 7.98. The zero-order valence-electron chi connectivity index (χ0n) is 11.3. The third-order valence-corrected chi connectivity index (χ3v) is 3.51. The van der Waals surface area contributed by atoms with Gasteiger partial charge in [-0.15, -0.1) is 10.2 Å². The Morgan fingerprint density at radius 3 is 2.81 bits per heavy atom. The molecule has 0 N–H and O–H groups in total. The fourth-order valence-corrected chi connectivity index (χ4v) is 2.31. The Bertz CT molecular complexity index is 718. The number of aromatic nitrogens is 4. The predicted octanol–water partition coefficient (Wildman–Crippen LogP) is 2.83. The van der Waals surface area contributed by atoms with Crippen molar-refractivity contribution in [3.05, 3.63) is 48.6 Å². The molecule has 2 heterocycles. The molecule has 2 aromatic heterocycles. The van der Waals surface area contributed by atoms with Gasteiger partial charge in [-0.05, 0) is 24.3 Å². The standard InChI is InChI=1S/C14H12N4O2S/c1-19-11-5-2-4-10(8-11)13-18-17-12(20-13)9-21-14-15-6-3-7-16-14/h2-8H,9H2,1H3. The Morgan fingerprint density at radius 2 is 2.00 bits per heavy atom. The van der Waals surface area contributed by atoms with Crippen molar-refractivity contribution in [2.75, 3.05) is 7.11 Å². The van der Waals surface area contributed by atoms with E-state index in [4.69, 9.17) is 9.15 Å². The molecule has 0 atom stereocenters. The molecule has 7 heteroatoms. The normalized spacial score (nSPS) is 10.5. The van der Waals surface area contributed by atoms with Crippen LogP contribution in [0.4, 0.5) is 0 Å². The Balaban J connectivity index is 1.71. The lowest BCUT2D eigenvalue weighted by Gasteiger charge is -2.00. The number of rotatable bonds is 5.